The lowest BCUT2D eigenvalue weighted by atomic mass is 9.87. The molecule has 1 aliphatic carbocycles. The van der Waals surface area contributed by atoms with Crippen LogP contribution in [0.3, 0.4) is 0 Å². The molecule has 2 aromatic rings. The third-order valence-electron chi connectivity index (χ3n) is 4.99. The third-order valence-corrected chi connectivity index (χ3v) is 4.99. The SMILES string of the molecule is c1cnc(N2CCN([C@@H]3CCc4ccccc4C3)CC2)nc1. The number of aryl methyl sites for hydroxylation is 1. The van der Waals surface area contributed by atoms with Crippen molar-refractivity contribution in [3.8, 4) is 0 Å². The Morgan fingerprint density at radius 1 is 0.864 bits per heavy atom. The lowest BCUT2D eigenvalue weighted by Gasteiger charge is -2.41. The van der Waals surface area contributed by atoms with E-state index in [1.54, 1.807) is 11.1 Å². The Kier molecular flexibility index (Phi) is 3.77. The minimum atomic E-state index is 0.703. The minimum absolute atomic E-state index is 0.703. The number of nitrogens with zero attached hydrogens (tertiary/aromatic N) is 4. The summed E-state index contributed by atoms with van der Waals surface area (Å²) in [7, 11) is 0. The molecule has 4 rings (SSSR count). The average molecular weight is 294 g/mol. The van der Waals surface area contributed by atoms with Gasteiger partial charge in [0.2, 0.25) is 5.95 Å². The standard InChI is InChI=1S/C18H22N4/c1-2-5-16-14-17(7-6-15(16)4-1)21-10-12-22(13-11-21)18-19-8-3-9-20-18/h1-5,8-9,17H,6-7,10-14H2/t17-/m1/s1. The van der Waals surface area contributed by atoms with Crippen molar-refractivity contribution in [3.05, 3.63) is 53.9 Å². The maximum atomic E-state index is 4.37. The van der Waals surface area contributed by atoms with E-state index in [0.29, 0.717) is 6.04 Å². The van der Waals surface area contributed by atoms with Crippen LogP contribution in [-0.4, -0.2) is 47.1 Å². The van der Waals surface area contributed by atoms with E-state index in [1.165, 1.54) is 19.3 Å². The van der Waals surface area contributed by atoms with E-state index < -0.39 is 0 Å². The van der Waals surface area contributed by atoms with Crippen LogP contribution in [0.4, 0.5) is 5.95 Å². The van der Waals surface area contributed by atoms with Gasteiger partial charge >= 0.3 is 0 Å². The Balaban J connectivity index is 1.38. The lowest BCUT2D eigenvalue weighted by Crippen LogP contribution is -2.52. The monoisotopic (exact) mass is 294 g/mol. The maximum Gasteiger partial charge on any atom is 0.225 e. The highest BCUT2D eigenvalue weighted by Crippen LogP contribution is 2.25. The van der Waals surface area contributed by atoms with Gasteiger partial charge in [0.25, 0.3) is 0 Å². The largest absolute Gasteiger partial charge is 0.338 e. The van der Waals surface area contributed by atoms with E-state index in [2.05, 4.69) is 44.0 Å². The van der Waals surface area contributed by atoms with Gasteiger partial charge in [0.1, 0.15) is 0 Å². The van der Waals surface area contributed by atoms with Gasteiger partial charge in [-0.2, -0.15) is 0 Å². The van der Waals surface area contributed by atoms with Gasteiger partial charge in [0.15, 0.2) is 0 Å². The normalized spacial score (nSPS) is 22.4. The van der Waals surface area contributed by atoms with Gasteiger partial charge in [-0.15, -0.1) is 0 Å². The molecule has 2 aliphatic rings. The molecule has 0 N–H and O–H groups in total. The first-order valence-corrected chi connectivity index (χ1v) is 8.23. The molecule has 2 heterocycles. The Hall–Kier alpha value is -1.94. The van der Waals surface area contributed by atoms with Crippen molar-refractivity contribution in [2.75, 3.05) is 31.1 Å². The summed E-state index contributed by atoms with van der Waals surface area (Å²) in [5.41, 5.74) is 3.10. The molecular formula is C18H22N4. The molecule has 22 heavy (non-hydrogen) atoms. The van der Waals surface area contributed by atoms with Crippen molar-refractivity contribution < 1.29 is 0 Å². The van der Waals surface area contributed by atoms with E-state index in [0.717, 1.165) is 32.1 Å². The predicted octanol–water partition coefficient (Wildman–Crippen LogP) is 2.16. The second kappa shape index (κ2) is 6.05. The topological polar surface area (TPSA) is 32.3 Å². The molecule has 0 bridgehead atoms. The summed E-state index contributed by atoms with van der Waals surface area (Å²) in [6.45, 7) is 4.29. The first kappa shape index (κ1) is 13.7. The van der Waals surface area contributed by atoms with Gasteiger partial charge in [-0.1, -0.05) is 24.3 Å². The number of rotatable bonds is 2. The van der Waals surface area contributed by atoms with Crippen LogP contribution in [0.2, 0.25) is 0 Å². The van der Waals surface area contributed by atoms with Crippen LogP contribution in [0, 0.1) is 0 Å². The Labute approximate surface area is 131 Å². The van der Waals surface area contributed by atoms with E-state index in [4.69, 9.17) is 0 Å². The molecule has 1 aliphatic heterocycles. The van der Waals surface area contributed by atoms with Crippen molar-refractivity contribution in [1.29, 1.82) is 0 Å². The number of aromatic nitrogens is 2. The van der Waals surface area contributed by atoms with Crippen molar-refractivity contribution >= 4 is 5.95 Å². The van der Waals surface area contributed by atoms with E-state index in [-0.39, 0.29) is 0 Å². The Morgan fingerprint density at radius 2 is 1.59 bits per heavy atom. The highest BCUT2D eigenvalue weighted by molar-refractivity contribution is 5.31. The zero-order chi connectivity index (χ0) is 14.8. The first-order valence-electron chi connectivity index (χ1n) is 8.23. The molecule has 0 amide bonds. The summed E-state index contributed by atoms with van der Waals surface area (Å²) in [6.07, 6.45) is 7.37. The predicted molar refractivity (Wildman–Crippen MR) is 88.1 cm³/mol. The summed E-state index contributed by atoms with van der Waals surface area (Å²) in [5.74, 6) is 0.871. The van der Waals surface area contributed by atoms with Crippen LogP contribution in [-0.2, 0) is 12.8 Å². The van der Waals surface area contributed by atoms with Crippen molar-refractivity contribution in [1.82, 2.24) is 14.9 Å². The summed E-state index contributed by atoms with van der Waals surface area (Å²) < 4.78 is 0. The van der Waals surface area contributed by atoms with Crippen molar-refractivity contribution in [2.24, 2.45) is 0 Å². The quantitative estimate of drug-likeness (QED) is 0.849. The van der Waals surface area contributed by atoms with E-state index >= 15 is 0 Å². The summed E-state index contributed by atoms with van der Waals surface area (Å²) in [4.78, 5) is 13.7. The molecule has 1 aromatic carbocycles. The van der Waals surface area contributed by atoms with Gasteiger partial charge < -0.3 is 4.90 Å². The van der Waals surface area contributed by atoms with Gasteiger partial charge in [0, 0.05) is 44.6 Å². The molecule has 114 valence electrons. The molecule has 1 saturated heterocycles. The number of piperazine rings is 1. The number of fused-ring (bicyclic) bond motifs is 1. The first-order chi connectivity index (χ1) is 10.9. The zero-order valence-corrected chi connectivity index (χ0v) is 12.9. The molecule has 0 spiro atoms. The lowest BCUT2D eigenvalue weighted by molar-refractivity contribution is 0.169. The zero-order valence-electron chi connectivity index (χ0n) is 12.9. The summed E-state index contributed by atoms with van der Waals surface area (Å²) in [5, 5.41) is 0. The number of hydrogen-bond donors (Lipinski definition) is 0. The second-order valence-electron chi connectivity index (χ2n) is 6.24. The fraction of sp³-hybridized carbons (Fsp3) is 0.444. The highest BCUT2D eigenvalue weighted by atomic mass is 15.3. The van der Waals surface area contributed by atoms with E-state index in [9.17, 15) is 0 Å². The molecule has 1 fully saturated rings. The van der Waals surface area contributed by atoms with Crippen LogP contribution in [0.25, 0.3) is 0 Å². The molecule has 1 atom stereocenters. The van der Waals surface area contributed by atoms with Crippen LogP contribution in [0.15, 0.2) is 42.7 Å². The molecule has 0 unspecified atom stereocenters. The van der Waals surface area contributed by atoms with Crippen molar-refractivity contribution in [2.45, 2.75) is 25.3 Å². The van der Waals surface area contributed by atoms with Gasteiger partial charge in [-0.3, -0.25) is 4.90 Å². The number of anilines is 1. The van der Waals surface area contributed by atoms with Crippen LogP contribution in [0.1, 0.15) is 17.5 Å². The van der Waals surface area contributed by atoms with E-state index in [1.807, 2.05) is 18.5 Å². The smallest absolute Gasteiger partial charge is 0.225 e. The van der Waals surface area contributed by atoms with Gasteiger partial charge in [0.05, 0.1) is 0 Å². The third kappa shape index (κ3) is 2.71. The summed E-state index contributed by atoms with van der Waals surface area (Å²) in [6, 6.07) is 11.5. The van der Waals surface area contributed by atoms with Gasteiger partial charge in [-0.25, -0.2) is 9.97 Å². The van der Waals surface area contributed by atoms with Crippen LogP contribution >= 0.6 is 0 Å². The van der Waals surface area contributed by atoms with Gasteiger partial charge in [-0.05, 0) is 36.5 Å². The molecule has 0 saturated carbocycles. The average Bonchev–Trinajstić information content (AvgIpc) is 2.62. The number of hydrogen-bond acceptors (Lipinski definition) is 4. The van der Waals surface area contributed by atoms with Crippen LogP contribution in [0.5, 0.6) is 0 Å². The molecule has 4 heteroatoms. The Bertz CT molecular complexity index is 620. The second-order valence-corrected chi connectivity index (χ2v) is 6.24. The fourth-order valence-electron chi connectivity index (χ4n) is 3.73. The Morgan fingerprint density at radius 3 is 2.36 bits per heavy atom. The minimum Gasteiger partial charge on any atom is -0.338 e. The number of benzene rings is 1. The molecular weight excluding hydrogens is 272 g/mol. The van der Waals surface area contributed by atoms with Crippen molar-refractivity contribution in [3.63, 3.8) is 0 Å². The maximum absolute atomic E-state index is 4.37. The molecule has 0 radical (unpaired) electrons. The molecule has 4 nitrogen and oxygen atoms in total. The molecule has 1 aromatic heterocycles. The van der Waals surface area contributed by atoms with Crippen LogP contribution < -0.4 is 4.90 Å². The summed E-state index contributed by atoms with van der Waals surface area (Å²) >= 11 is 0. The fourth-order valence-corrected chi connectivity index (χ4v) is 3.73. The highest BCUT2D eigenvalue weighted by Gasteiger charge is 2.27.